The monoisotopic (exact) mass is 267 g/mol. The van der Waals surface area contributed by atoms with Crippen LogP contribution in [0.5, 0.6) is 0 Å². The normalized spacial score (nSPS) is 10.7. The summed E-state index contributed by atoms with van der Waals surface area (Å²) in [6.07, 6.45) is 0. The molecule has 0 saturated heterocycles. The summed E-state index contributed by atoms with van der Waals surface area (Å²) >= 11 is 0. The minimum atomic E-state index is -0.569. The average Bonchev–Trinajstić information content (AvgIpc) is 2.97. The maximum atomic E-state index is 11.5. The molecule has 2 aromatic rings. The molecule has 0 aromatic carbocycles. The predicted molar refractivity (Wildman–Crippen MR) is 60.2 cm³/mol. The molecule has 0 N–H and O–H groups in total. The average molecular weight is 267 g/mol. The van der Waals surface area contributed by atoms with E-state index in [-0.39, 0.29) is 18.8 Å². The molecule has 9 heteroatoms. The van der Waals surface area contributed by atoms with E-state index < -0.39 is 5.97 Å². The molecular weight excluding hydrogens is 254 g/mol. The lowest BCUT2D eigenvalue weighted by molar-refractivity contribution is 0.0588. The van der Waals surface area contributed by atoms with Crippen LogP contribution in [0.3, 0.4) is 0 Å². The van der Waals surface area contributed by atoms with Crippen molar-refractivity contribution in [3.63, 3.8) is 0 Å². The van der Waals surface area contributed by atoms with Crippen LogP contribution >= 0.6 is 0 Å². The highest BCUT2D eigenvalue weighted by Gasteiger charge is 2.21. The molecule has 9 nitrogen and oxygen atoms in total. The molecule has 0 atom stereocenters. The number of hydrogen-bond donors (Lipinski definition) is 0. The zero-order valence-electron chi connectivity index (χ0n) is 10.8. The van der Waals surface area contributed by atoms with Crippen molar-refractivity contribution in [3.05, 3.63) is 23.2 Å². The molecule has 0 spiro atoms. The Balaban J connectivity index is 2.29. The van der Waals surface area contributed by atoms with Crippen LogP contribution in [0.2, 0.25) is 0 Å². The maximum Gasteiger partial charge on any atom is 0.360 e. The number of ether oxygens (including phenoxy) is 2. The molecule has 2 heterocycles. The second-order valence-corrected chi connectivity index (χ2v) is 3.68. The first kappa shape index (κ1) is 13.1. The number of aromatic nitrogens is 5. The molecule has 2 rings (SSSR count). The summed E-state index contributed by atoms with van der Waals surface area (Å²) in [5.41, 5.74) is 0.603. The highest BCUT2D eigenvalue weighted by molar-refractivity contribution is 5.88. The van der Waals surface area contributed by atoms with Gasteiger partial charge in [0, 0.05) is 14.0 Å². The Labute approximate surface area is 108 Å². The van der Waals surface area contributed by atoms with Crippen LogP contribution in [-0.4, -0.2) is 45.4 Å². The van der Waals surface area contributed by atoms with Crippen molar-refractivity contribution in [3.8, 4) is 0 Å². The maximum absolute atomic E-state index is 11.5. The van der Waals surface area contributed by atoms with Crippen molar-refractivity contribution < 1.29 is 18.7 Å². The van der Waals surface area contributed by atoms with Gasteiger partial charge in [0.2, 0.25) is 11.8 Å². The van der Waals surface area contributed by atoms with Crippen molar-refractivity contribution in [1.29, 1.82) is 0 Å². The molecule has 0 unspecified atom stereocenters. The van der Waals surface area contributed by atoms with E-state index in [2.05, 4.69) is 25.2 Å². The number of rotatable bonds is 5. The van der Waals surface area contributed by atoms with Gasteiger partial charge in [0.15, 0.2) is 5.69 Å². The van der Waals surface area contributed by atoms with E-state index in [1.807, 2.05) is 0 Å². The first-order chi connectivity index (χ1) is 9.15. The van der Waals surface area contributed by atoms with Gasteiger partial charge in [-0.05, 0) is 0 Å². The van der Waals surface area contributed by atoms with Gasteiger partial charge < -0.3 is 13.9 Å². The number of hydrogen-bond acceptors (Lipinski definition) is 8. The van der Waals surface area contributed by atoms with E-state index >= 15 is 0 Å². The quantitative estimate of drug-likeness (QED) is 0.694. The topological polar surface area (TPSA) is 105 Å². The Kier molecular flexibility index (Phi) is 3.85. The van der Waals surface area contributed by atoms with E-state index in [4.69, 9.17) is 9.15 Å². The highest BCUT2D eigenvalue weighted by atomic mass is 16.5. The van der Waals surface area contributed by atoms with Gasteiger partial charge in [0.05, 0.1) is 19.4 Å². The van der Waals surface area contributed by atoms with E-state index in [0.717, 1.165) is 0 Å². The molecule has 0 bridgehead atoms. The second kappa shape index (κ2) is 5.57. The van der Waals surface area contributed by atoms with Gasteiger partial charge in [0.1, 0.15) is 6.54 Å². The van der Waals surface area contributed by atoms with Gasteiger partial charge >= 0.3 is 5.97 Å². The molecular formula is C10H13N5O4. The summed E-state index contributed by atoms with van der Waals surface area (Å²) in [5, 5.41) is 15.2. The van der Waals surface area contributed by atoms with Crippen LogP contribution in [0.15, 0.2) is 4.42 Å². The molecule has 0 aliphatic carbocycles. The molecule has 0 aliphatic rings. The predicted octanol–water partition coefficient (Wildman–Crippen LogP) is -0.0492. The minimum absolute atomic E-state index is 0.112. The molecule has 0 aliphatic heterocycles. The fourth-order valence-corrected chi connectivity index (χ4v) is 1.52. The van der Waals surface area contributed by atoms with Gasteiger partial charge in [-0.15, -0.1) is 15.3 Å². The molecule has 0 radical (unpaired) electrons. The standard InChI is InChI=1S/C10H13N5O4/c1-6-11-12-8(19-6)4-15-7(5-17-2)9(13-14-15)10(16)18-3/h4-5H2,1-3H3. The van der Waals surface area contributed by atoms with Crippen LogP contribution in [0.4, 0.5) is 0 Å². The van der Waals surface area contributed by atoms with Crippen molar-refractivity contribution in [2.24, 2.45) is 0 Å². The van der Waals surface area contributed by atoms with Crippen molar-refractivity contribution in [1.82, 2.24) is 25.2 Å². The molecule has 19 heavy (non-hydrogen) atoms. The van der Waals surface area contributed by atoms with Gasteiger partial charge in [-0.25, -0.2) is 9.48 Å². The van der Waals surface area contributed by atoms with Crippen LogP contribution in [0.25, 0.3) is 0 Å². The molecule has 0 saturated carbocycles. The Hall–Kier alpha value is -2.29. The lowest BCUT2D eigenvalue weighted by atomic mass is 10.3. The van der Waals surface area contributed by atoms with Crippen molar-refractivity contribution in [2.75, 3.05) is 14.2 Å². The minimum Gasteiger partial charge on any atom is -0.464 e. The second-order valence-electron chi connectivity index (χ2n) is 3.68. The lowest BCUT2D eigenvalue weighted by Crippen LogP contribution is -2.11. The summed E-state index contributed by atoms with van der Waals surface area (Å²) in [7, 11) is 2.79. The Morgan fingerprint density at radius 2 is 2.11 bits per heavy atom. The molecule has 0 fully saturated rings. The number of carbonyl (C=O) groups is 1. The highest BCUT2D eigenvalue weighted by Crippen LogP contribution is 2.10. The summed E-state index contributed by atoms with van der Waals surface area (Å²) in [6, 6.07) is 0. The number of carbonyl (C=O) groups excluding carboxylic acids is 1. The SMILES string of the molecule is COCc1c(C(=O)OC)nnn1Cc1nnc(C)o1. The van der Waals surface area contributed by atoms with Crippen LogP contribution < -0.4 is 0 Å². The van der Waals surface area contributed by atoms with Gasteiger partial charge in [0.25, 0.3) is 0 Å². The van der Waals surface area contributed by atoms with Crippen LogP contribution in [0, 0.1) is 6.92 Å². The Morgan fingerprint density at radius 1 is 1.32 bits per heavy atom. The fourth-order valence-electron chi connectivity index (χ4n) is 1.52. The van der Waals surface area contributed by atoms with Gasteiger partial charge in [-0.3, -0.25) is 0 Å². The van der Waals surface area contributed by atoms with E-state index in [1.165, 1.54) is 18.9 Å². The number of esters is 1. The summed E-state index contributed by atoms with van der Waals surface area (Å²) in [5.74, 6) is 0.257. The summed E-state index contributed by atoms with van der Waals surface area (Å²) < 4.78 is 16.4. The van der Waals surface area contributed by atoms with Crippen LogP contribution in [0.1, 0.15) is 28.0 Å². The van der Waals surface area contributed by atoms with E-state index in [9.17, 15) is 4.79 Å². The largest absolute Gasteiger partial charge is 0.464 e. The Bertz CT molecular complexity index is 576. The first-order valence-corrected chi connectivity index (χ1v) is 5.44. The van der Waals surface area contributed by atoms with Gasteiger partial charge in [-0.2, -0.15) is 0 Å². The Morgan fingerprint density at radius 3 is 2.68 bits per heavy atom. The third kappa shape index (κ3) is 2.76. The molecule has 2 aromatic heterocycles. The third-order valence-electron chi connectivity index (χ3n) is 2.35. The summed E-state index contributed by atoms with van der Waals surface area (Å²) in [4.78, 5) is 11.5. The smallest absolute Gasteiger partial charge is 0.360 e. The third-order valence-corrected chi connectivity index (χ3v) is 2.35. The first-order valence-electron chi connectivity index (χ1n) is 5.44. The van der Waals surface area contributed by atoms with Crippen molar-refractivity contribution >= 4 is 5.97 Å². The summed E-state index contributed by atoms with van der Waals surface area (Å²) in [6.45, 7) is 2.07. The lowest BCUT2D eigenvalue weighted by Gasteiger charge is -2.04. The van der Waals surface area contributed by atoms with Gasteiger partial charge in [-0.1, -0.05) is 5.21 Å². The number of aryl methyl sites for hydroxylation is 1. The molecule has 0 amide bonds. The fraction of sp³-hybridized carbons (Fsp3) is 0.500. The van der Waals surface area contributed by atoms with Crippen LogP contribution in [-0.2, 0) is 22.6 Å². The number of methoxy groups -OCH3 is 2. The zero-order chi connectivity index (χ0) is 13.8. The van der Waals surface area contributed by atoms with Crippen molar-refractivity contribution in [2.45, 2.75) is 20.1 Å². The van der Waals surface area contributed by atoms with E-state index in [1.54, 1.807) is 6.92 Å². The van der Waals surface area contributed by atoms with E-state index in [0.29, 0.717) is 17.5 Å². The molecule has 102 valence electrons. The zero-order valence-corrected chi connectivity index (χ0v) is 10.8. The number of nitrogens with zero attached hydrogens (tertiary/aromatic N) is 5.